The lowest BCUT2D eigenvalue weighted by molar-refractivity contribution is -0.144. The summed E-state index contributed by atoms with van der Waals surface area (Å²) in [6.07, 6.45) is -4.06. The Bertz CT molecular complexity index is 1990. The molecule has 0 radical (unpaired) electrons. The zero-order valence-electron chi connectivity index (χ0n) is 31.9. The maximum atomic E-state index is 16.2. The fourth-order valence-corrected chi connectivity index (χ4v) is 6.74. The molecule has 1 amide bonds. The minimum absolute atomic E-state index is 0.0430. The van der Waals surface area contributed by atoms with E-state index >= 15 is 8.78 Å². The lowest BCUT2D eigenvalue weighted by Crippen LogP contribution is -2.48. The van der Waals surface area contributed by atoms with E-state index in [4.69, 9.17) is 4.74 Å². The number of ether oxygens (including phenoxy) is 1. The SMILES string of the molecule is C=CC=C(/C(=C\N(C)C(C(=O)N[C@@H](CC(=O)OCC)c1cc(-c2c(O)ccc(C)c2C)cc(C)c1F)c1cc(CO)ccc1F)CCN1CC(F)C1)C(F)(F)F. The van der Waals surface area contributed by atoms with E-state index in [1.807, 2.05) is 6.92 Å². The molecule has 0 bridgehead atoms. The predicted molar refractivity (Wildman–Crippen MR) is 201 cm³/mol. The molecule has 14 heteroatoms. The molecular formula is C42H47F6N3O5. The third-order valence-electron chi connectivity index (χ3n) is 9.75. The number of alkyl halides is 4. The maximum absolute atomic E-state index is 16.2. The summed E-state index contributed by atoms with van der Waals surface area (Å²) in [7, 11) is 1.26. The average Bonchev–Trinajstić information content (AvgIpc) is 3.11. The number of rotatable bonds is 16. The lowest BCUT2D eigenvalue weighted by Gasteiger charge is -2.35. The number of amides is 1. The third-order valence-corrected chi connectivity index (χ3v) is 9.75. The van der Waals surface area contributed by atoms with E-state index in [1.54, 1.807) is 24.8 Å². The van der Waals surface area contributed by atoms with Crippen LogP contribution in [-0.4, -0.2) is 77.5 Å². The monoisotopic (exact) mass is 787 g/mol. The van der Waals surface area contributed by atoms with E-state index in [1.165, 1.54) is 44.3 Å². The molecular weight excluding hydrogens is 740 g/mol. The van der Waals surface area contributed by atoms with Gasteiger partial charge in [0.1, 0.15) is 29.6 Å². The van der Waals surface area contributed by atoms with Gasteiger partial charge in [-0.15, -0.1) is 0 Å². The van der Waals surface area contributed by atoms with E-state index in [0.717, 1.165) is 34.9 Å². The fourth-order valence-electron chi connectivity index (χ4n) is 6.74. The van der Waals surface area contributed by atoms with E-state index in [9.17, 15) is 37.4 Å². The van der Waals surface area contributed by atoms with Crippen LogP contribution in [0, 0.1) is 32.4 Å². The highest BCUT2D eigenvalue weighted by atomic mass is 19.4. The largest absolute Gasteiger partial charge is 0.507 e. The number of aromatic hydroxyl groups is 1. The normalized spacial score (nSPS) is 15.2. The van der Waals surface area contributed by atoms with Crippen LogP contribution < -0.4 is 5.32 Å². The molecule has 1 aliphatic heterocycles. The number of carbonyl (C=O) groups is 2. The molecule has 0 aliphatic carbocycles. The highest BCUT2D eigenvalue weighted by molar-refractivity contribution is 5.85. The minimum atomic E-state index is -4.88. The van der Waals surface area contributed by atoms with E-state index in [-0.39, 0.29) is 66.2 Å². The number of likely N-dealkylation sites (N-methyl/N-ethyl adjacent to an activating group) is 1. The number of nitrogens with one attached hydrogen (secondary N) is 1. The summed E-state index contributed by atoms with van der Waals surface area (Å²) >= 11 is 0. The number of allylic oxidation sites excluding steroid dienone is 3. The van der Waals surface area contributed by atoms with Gasteiger partial charge in [0, 0.05) is 49.6 Å². The fraction of sp³-hybridized carbons (Fsp3) is 0.381. The van der Waals surface area contributed by atoms with Gasteiger partial charge in [0.2, 0.25) is 5.91 Å². The van der Waals surface area contributed by atoms with E-state index < -0.39 is 66.5 Å². The lowest BCUT2D eigenvalue weighted by atomic mass is 9.90. The van der Waals surface area contributed by atoms with Crippen LogP contribution >= 0.6 is 0 Å². The van der Waals surface area contributed by atoms with Crippen LogP contribution in [0.25, 0.3) is 11.1 Å². The van der Waals surface area contributed by atoms with Gasteiger partial charge >= 0.3 is 12.1 Å². The second kappa shape index (κ2) is 18.7. The van der Waals surface area contributed by atoms with Crippen molar-refractivity contribution in [2.24, 2.45) is 0 Å². The van der Waals surface area contributed by atoms with Crippen molar-refractivity contribution >= 4 is 11.9 Å². The first-order chi connectivity index (χ1) is 26.4. The summed E-state index contributed by atoms with van der Waals surface area (Å²) in [4.78, 5) is 30.2. The molecule has 0 aromatic heterocycles. The molecule has 56 heavy (non-hydrogen) atoms. The number of likely N-dealkylation sites (tertiary alicyclic amines) is 1. The molecule has 4 rings (SSSR count). The highest BCUT2D eigenvalue weighted by Gasteiger charge is 2.38. The first-order valence-corrected chi connectivity index (χ1v) is 18.0. The third kappa shape index (κ3) is 10.4. The van der Waals surface area contributed by atoms with Gasteiger partial charge in [-0.1, -0.05) is 30.9 Å². The van der Waals surface area contributed by atoms with Gasteiger partial charge in [-0.25, -0.2) is 13.2 Å². The van der Waals surface area contributed by atoms with Crippen molar-refractivity contribution in [2.45, 2.75) is 71.6 Å². The molecule has 3 aromatic rings. The van der Waals surface area contributed by atoms with Gasteiger partial charge in [-0.05, 0) is 97.8 Å². The number of halogens is 6. The Morgan fingerprint density at radius 3 is 2.38 bits per heavy atom. The molecule has 8 nitrogen and oxygen atoms in total. The second-order valence-electron chi connectivity index (χ2n) is 13.8. The Hall–Kier alpha value is -5.08. The molecule has 1 aliphatic rings. The number of aryl methyl sites for hydroxylation is 2. The van der Waals surface area contributed by atoms with Crippen molar-refractivity contribution in [2.75, 3.05) is 33.3 Å². The van der Waals surface area contributed by atoms with Gasteiger partial charge in [-0.2, -0.15) is 13.2 Å². The quantitative estimate of drug-likeness (QED) is 0.0766. The minimum Gasteiger partial charge on any atom is -0.507 e. The van der Waals surface area contributed by atoms with Crippen molar-refractivity contribution < 1.29 is 50.9 Å². The molecule has 0 spiro atoms. The van der Waals surface area contributed by atoms with Gasteiger partial charge < -0.3 is 25.2 Å². The standard InChI is InChI=1S/C42H47F6N3O5/c1-7-9-33(42(46,47)48)28(14-15-51-21-30(43)22-51)20-50(6)40(31-17-27(23-52)11-12-34(31)44)41(55)49-35(19-37(54)56-8-2)32-18-29(16-25(4)39(32)45)38-26(5)24(3)10-13-36(38)53/h7,9-13,16-18,20,30,35,40,52-53H,1,8,14-15,19,21-23H2,2-6H3,(H,49,55)/b28-20-,33-9?/t35-,40?/m0/s1. The first-order valence-electron chi connectivity index (χ1n) is 18.0. The summed E-state index contributed by atoms with van der Waals surface area (Å²) in [6, 6.07) is 6.34. The Balaban J connectivity index is 1.89. The molecule has 3 aromatic carbocycles. The molecule has 0 saturated carbocycles. The Labute approximate surface area is 322 Å². The van der Waals surface area contributed by atoms with Crippen LogP contribution in [0.5, 0.6) is 5.75 Å². The number of esters is 1. The van der Waals surface area contributed by atoms with Gasteiger partial charge in [0.05, 0.1) is 31.2 Å². The number of hydrogen-bond donors (Lipinski definition) is 3. The van der Waals surface area contributed by atoms with Gasteiger partial charge in [-0.3, -0.25) is 14.5 Å². The van der Waals surface area contributed by atoms with Crippen LogP contribution in [0.4, 0.5) is 26.3 Å². The zero-order chi connectivity index (χ0) is 41.5. The predicted octanol–water partition coefficient (Wildman–Crippen LogP) is 8.14. The van der Waals surface area contributed by atoms with Crippen molar-refractivity contribution in [3.8, 4) is 16.9 Å². The molecule has 3 N–H and O–H groups in total. The molecule has 1 unspecified atom stereocenters. The van der Waals surface area contributed by atoms with Crippen LogP contribution in [0.1, 0.15) is 65.2 Å². The number of phenols is 1. The number of carbonyl (C=O) groups excluding carboxylic acids is 2. The van der Waals surface area contributed by atoms with Crippen molar-refractivity contribution in [3.63, 3.8) is 0 Å². The summed E-state index contributed by atoms with van der Waals surface area (Å²) in [5, 5.41) is 23.4. The number of nitrogens with zero attached hydrogens (tertiary/aromatic N) is 2. The highest BCUT2D eigenvalue weighted by Crippen LogP contribution is 2.39. The summed E-state index contributed by atoms with van der Waals surface area (Å²) < 4.78 is 94.1. The van der Waals surface area contributed by atoms with Gasteiger partial charge in [0.15, 0.2) is 0 Å². The van der Waals surface area contributed by atoms with E-state index in [2.05, 4.69) is 11.9 Å². The molecule has 1 saturated heterocycles. The Morgan fingerprint density at radius 2 is 1.77 bits per heavy atom. The summed E-state index contributed by atoms with van der Waals surface area (Å²) in [5.74, 6) is -3.68. The van der Waals surface area contributed by atoms with Crippen LogP contribution in [0.2, 0.25) is 0 Å². The van der Waals surface area contributed by atoms with Crippen LogP contribution in [0.15, 0.2) is 78.5 Å². The van der Waals surface area contributed by atoms with Crippen LogP contribution in [-0.2, 0) is 20.9 Å². The number of aliphatic hydroxyl groups excluding tert-OH is 1. The Kier molecular flexibility index (Phi) is 14.6. The molecule has 2 atom stereocenters. The molecule has 1 heterocycles. The average molecular weight is 788 g/mol. The maximum Gasteiger partial charge on any atom is 0.416 e. The molecule has 1 fully saturated rings. The Morgan fingerprint density at radius 1 is 1.07 bits per heavy atom. The number of hydrogen-bond acceptors (Lipinski definition) is 7. The number of benzene rings is 3. The summed E-state index contributed by atoms with van der Waals surface area (Å²) in [5.41, 5.74) is 0.669. The van der Waals surface area contributed by atoms with Crippen molar-refractivity contribution in [1.29, 1.82) is 0 Å². The molecule has 302 valence electrons. The second-order valence-corrected chi connectivity index (χ2v) is 13.8. The smallest absolute Gasteiger partial charge is 0.416 e. The zero-order valence-corrected chi connectivity index (χ0v) is 31.9. The van der Waals surface area contributed by atoms with E-state index in [0.29, 0.717) is 16.7 Å². The number of phenolic OH excluding ortho intramolecular Hbond substituents is 1. The first kappa shape index (κ1) is 43.6. The number of aliphatic hydroxyl groups is 1. The van der Waals surface area contributed by atoms with Crippen LogP contribution in [0.3, 0.4) is 0 Å². The van der Waals surface area contributed by atoms with Crippen molar-refractivity contribution in [3.05, 3.63) is 124 Å². The van der Waals surface area contributed by atoms with Crippen molar-refractivity contribution in [1.82, 2.24) is 15.1 Å². The topological polar surface area (TPSA) is 102 Å². The summed E-state index contributed by atoms with van der Waals surface area (Å²) in [6.45, 7) is 9.55. The van der Waals surface area contributed by atoms with Gasteiger partial charge in [0.25, 0.3) is 0 Å².